The maximum absolute atomic E-state index is 10.3. The normalized spacial score (nSPS) is 12.1. The minimum atomic E-state index is -2.93. The Hall–Kier alpha value is -1.40. The lowest BCUT2D eigenvalue weighted by atomic mass is 10.3. The number of nitrogens with two attached hydrogens (primary N) is 1. The zero-order valence-corrected chi connectivity index (χ0v) is 8.48. The fourth-order valence-electron chi connectivity index (χ4n) is 1.01. The van der Waals surface area contributed by atoms with Crippen LogP contribution >= 0.6 is 0 Å². The number of benzene rings is 1. The highest BCUT2D eigenvalue weighted by Gasteiger charge is 2.08. The zero-order valence-electron chi connectivity index (χ0n) is 7.58. The Balaban J connectivity index is 3.23. The lowest BCUT2D eigenvalue weighted by molar-refractivity contribution is 0.206. The molecule has 0 heterocycles. The average molecular weight is 216 g/mol. The molecule has 0 aliphatic rings. The molecule has 0 saturated carbocycles. The van der Waals surface area contributed by atoms with Gasteiger partial charge in [-0.3, -0.25) is 0 Å². The first kappa shape index (κ1) is 10.7. The van der Waals surface area contributed by atoms with Crippen LogP contribution in [-0.2, 0) is 10.1 Å². The van der Waals surface area contributed by atoms with E-state index in [0.717, 1.165) is 0 Å². The van der Waals surface area contributed by atoms with Crippen LogP contribution in [0, 0.1) is 0 Å². The average Bonchev–Trinajstić information content (AvgIpc) is 2.01. The van der Waals surface area contributed by atoms with Crippen molar-refractivity contribution in [2.75, 3.05) is 12.0 Å². The molecule has 1 rings (SSSR count). The van der Waals surface area contributed by atoms with Crippen LogP contribution in [-0.4, -0.2) is 22.0 Å². The molecule has 0 saturated heterocycles. The smallest absolute Gasteiger partial charge is 0.437 e. The van der Waals surface area contributed by atoms with E-state index in [1.165, 1.54) is 12.3 Å². The molecular formula is C8H12N2O3S. The number of anilines is 1. The second-order valence-corrected chi connectivity index (χ2v) is 5.43. The van der Waals surface area contributed by atoms with Crippen LogP contribution in [0.1, 0.15) is 0 Å². The molecule has 14 heavy (non-hydrogen) atoms. The van der Waals surface area contributed by atoms with Gasteiger partial charge in [-0.1, -0.05) is 16.2 Å². The van der Waals surface area contributed by atoms with Crippen molar-refractivity contribution in [1.82, 2.24) is 0 Å². The Bertz CT molecular complexity index is 411. The van der Waals surface area contributed by atoms with Crippen molar-refractivity contribution in [3.8, 4) is 0 Å². The molecule has 1 amide bonds. The summed E-state index contributed by atoms with van der Waals surface area (Å²) in [4.78, 5) is 10.8. The zero-order chi connectivity index (χ0) is 10.8. The molecule has 0 radical (unpaired) electrons. The molecule has 0 unspecified atom stereocenters. The van der Waals surface area contributed by atoms with Gasteiger partial charge in [0.25, 0.3) is 0 Å². The number of nitrogen functional groups attached to an aromatic ring is 1. The Morgan fingerprint density at radius 1 is 1.57 bits per heavy atom. The van der Waals surface area contributed by atoms with Crippen molar-refractivity contribution >= 4 is 21.9 Å². The summed E-state index contributed by atoms with van der Waals surface area (Å²) in [6.45, 7) is 0. The number of nitrogens with zero attached hydrogens (tertiary/aromatic N) is 1. The highest BCUT2D eigenvalue weighted by atomic mass is 32.3. The number of amides is 1. The van der Waals surface area contributed by atoms with E-state index in [-0.39, 0.29) is 0 Å². The molecule has 4 N–H and O–H groups in total. The predicted octanol–water partition coefficient (Wildman–Crippen LogP) is 1.48. The Morgan fingerprint density at radius 3 is 2.71 bits per heavy atom. The van der Waals surface area contributed by atoms with Crippen LogP contribution in [0.25, 0.3) is 0 Å². The largest absolute Gasteiger partial charge is 0.463 e. The standard InChI is InChI=1S/C8H12N2O3S/c1-14(13,10-8(11)12)7-4-2-3-6(9)5-7/h2-5,14H,9H2,1H3,(H,10,13)(H,11,12). The fraction of sp³-hybridized carbons (Fsp3) is 0.125. The first-order chi connectivity index (χ1) is 6.42. The summed E-state index contributed by atoms with van der Waals surface area (Å²) in [5, 5.41) is 8.45. The fourth-order valence-corrected chi connectivity index (χ4v) is 2.22. The predicted molar refractivity (Wildman–Crippen MR) is 56.9 cm³/mol. The van der Waals surface area contributed by atoms with Gasteiger partial charge in [0, 0.05) is 10.6 Å². The molecule has 0 aromatic heterocycles. The van der Waals surface area contributed by atoms with Gasteiger partial charge in [0.15, 0.2) is 0 Å². The first-order valence-electron chi connectivity index (χ1n) is 3.83. The molecule has 0 atom stereocenters. The van der Waals surface area contributed by atoms with Crippen molar-refractivity contribution < 1.29 is 14.5 Å². The van der Waals surface area contributed by atoms with Crippen LogP contribution in [0.15, 0.2) is 33.5 Å². The molecule has 78 valence electrons. The maximum atomic E-state index is 10.3. The number of hydrogen-bond acceptors (Lipinski definition) is 2. The number of carbonyl (C=O) groups is 1. The highest BCUT2D eigenvalue weighted by molar-refractivity contribution is 7.99. The Labute approximate surface area is 82.5 Å². The number of carboxylic acid groups (broad SMARTS) is 1. The molecule has 0 fully saturated rings. The van der Waals surface area contributed by atoms with Gasteiger partial charge in [-0.25, -0.2) is 4.79 Å². The molecule has 0 spiro atoms. The van der Waals surface area contributed by atoms with E-state index in [0.29, 0.717) is 10.6 Å². The lowest BCUT2D eigenvalue weighted by Crippen LogP contribution is -2.10. The third-order valence-electron chi connectivity index (χ3n) is 1.64. The summed E-state index contributed by atoms with van der Waals surface area (Å²) in [6.07, 6.45) is 0.0290. The second-order valence-electron chi connectivity index (χ2n) is 2.89. The minimum Gasteiger partial charge on any atom is -0.463 e. The highest BCUT2D eigenvalue weighted by Crippen LogP contribution is 2.19. The van der Waals surface area contributed by atoms with Gasteiger partial charge in [0.05, 0.1) is 0 Å². The second kappa shape index (κ2) is 3.77. The van der Waals surface area contributed by atoms with E-state index in [9.17, 15) is 9.35 Å². The van der Waals surface area contributed by atoms with Crippen LogP contribution < -0.4 is 5.73 Å². The van der Waals surface area contributed by atoms with Crippen molar-refractivity contribution in [2.45, 2.75) is 4.90 Å². The van der Waals surface area contributed by atoms with E-state index in [4.69, 9.17) is 10.8 Å². The number of rotatable bonds is 1. The summed E-state index contributed by atoms with van der Waals surface area (Å²) in [7, 11) is -2.93. The summed E-state index contributed by atoms with van der Waals surface area (Å²) in [5.41, 5.74) is 5.98. The van der Waals surface area contributed by atoms with Gasteiger partial charge in [0.2, 0.25) is 0 Å². The van der Waals surface area contributed by atoms with Gasteiger partial charge in [-0.05, 0) is 24.5 Å². The van der Waals surface area contributed by atoms with Crippen molar-refractivity contribution in [2.24, 2.45) is 4.36 Å². The van der Waals surface area contributed by atoms with Crippen molar-refractivity contribution in [3.63, 3.8) is 0 Å². The monoisotopic (exact) mass is 216 g/mol. The third kappa shape index (κ3) is 2.54. The molecule has 0 aliphatic heterocycles. The molecule has 6 heteroatoms. The van der Waals surface area contributed by atoms with Crippen LogP contribution in [0.5, 0.6) is 0 Å². The topological polar surface area (TPSA) is 95.9 Å². The van der Waals surface area contributed by atoms with Crippen LogP contribution in [0.2, 0.25) is 0 Å². The van der Waals surface area contributed by atoms with Crippen molar-refractivity contribution in [3.05, 3.63) is 24.3 Å². The van der Waals surface area contributed by atoms with E-state index in [1.807, 2.05) is 0 Å². The molecular weight excluding hydrogens is 204 g/mol. The van der Waals surface area contributed by atoms with E-state index < -0.39 is 16.2 Å². The summed E-state index contributed by atoms with van der Waals surface area (Å²) < 4.78 is 13.0. The number of hydrogen-bond donors (Lipinski definition) is 4. The lowest BCUT2D eigenvalue weighted by Gasteiger charge is -2.17. The van der Waals surface area contributed by atoms with Gasteiger partial charge in [-0.2, -0.15) is 0 Å². The van der Waals surface area contributed by atoms with Gasteiger partial charge >= 0.3 is 6.09 Å². The molecule has 0 bridgehead atoms. The van der Waals surface area contributed by atoms with Gasteiger partial charge in [-0.15, -0.1) is 4.36 Å². The Morgan fingerprint density at radius 2 is 2.21 bits per heavy atom. The third-order valence-corrected chi connectivity index (χ3v) is 3.46. The number of thiol groups is 1. The summed E-state index contributed by atoms with van der Waals surface area (Å²) in [5.74, 6) is 0. The van der Waals surface area contributed by atoms with Gasteiger partial charge < -0.3 is 15.4 Å². The Kier molecular flexibility index (Phi) is 2.87. The summed E-state index contributed by atoms with van der Waals surface area (Å²) in [6, 6.07) is 6.44. The van der Waals surface area contributed by atoms with E-state index in [1.54, 1.807) is 18.2 Å². The molecule has 1 aromatic carbocycles. The minimum absolute atomic E-state index is 0.458. The quantitative estimate of drug-likeness (QED) is 0.422. The summed E-state index contributed by atoms with van der Waals surface area (Å²) >= 11 is 0. The van der Waals surface area contributed by atoms with Gasteiger partial charge in [0.1, 0.15) is 0 Å². The maximum Gasteiger partial charge on any atom is 0.437 e. The van der Waals surface area contributed by atoms with E-state index in [2.05, 4.69) is 4.36 Å². The molecule has 5 nitrogen and oxygen atoms in total. The SMILES string of the molecule is C[SH](O)(=NC(=O)O)c1cccc(N)c1. The van der Waals surface area contributed by atoms with Crippen molar-refractivity contribution in [1.29, 1.82) is 0 Å². The van der Waals surface area contributed by atoms with Crippen LogP contribution in [0.4, 0.5) is 10.5 Å². The first-order valence-corrected chi connectivity index (χ1v) is 5.97. The molecule has 1 aromatic rings. The van der Waals surface area contributed by atoms with E-state index >= 15 is 0 Å². The molecule has 0 aliphatic carbocycles. The van der Waals surface area contributed by atoms with Crippen LogP contribution in [0.3, 0.4) is 0 Å².